The number of ether oxygens (including phenoxy) is 9. The van der Waals surface area contributed by atoms with Crippen LogP contribution in [0.3, 0.4) is 0 Å². The third kappa shape index (κ3) is 10.2. The van der Waals surface area contributed by atoms with Gasteiger partial charge in [-0.05, 0) is 34.1 Å². The van der Waals surface area contributed by atoms with Crippen molar-refractivity contribution in [3.05, 3.63) is 45.0 Å². The van der Waals surface area contributed by atoms with Gasteiger partial charge in [-0.1, -0.05) is 0 Å². The summed E-state index contributed by atoms with van der Waals surface area (Å²) in [5.74, 6) is -6.56. The molecular weight excluding hydrogens is 788 g/mol. The van der Waals surface area contributed by atoms with Crippen molar-refractivity contribution in [2.45, 2.75) is 79.2 Å². The largest absolute Gasteiger partial charge is 0.463 e. The highest BCUT2D eigenvalue weighted by Gasteiger charge is 2.53. The molecule has 0 amide bonds. The minimum absolute atomic E-state index is 0.0987. The molecule has 1 unspecified atom stereocenters. The van der Waals surface area contributed by atoms with Gasteiger partial charge < -0.3 is 47.0 Å². The van der Waals surface area contributed by atoms with E-state index in [0.717, 1.165) is 54.5 Å². The third-order valence-electron chi connectivity index (χ3n) is 7.04. The van der Waals surface area contributed by atoms with Crippen molar-refractivity contribution in [1.29, 1.82) is 0 Å². The second kappa shape index (κ2) is 17.3. The molecule has 0 N–H and O–H groups in total. The first kappa shape index (κ1) is 40.9. The molecular formula is C35H33BrO18. The lowest BCUT2D eigenvalue weighted by Gasteiger charge is -2.43. The van der Waals surface area contributed by atoms with Crippen LogP contribution in [-0.4, -0.2) is 79.1 Å². The highest BCUT2D eigenvalue weighted by molar-refractivity contribution is 9.10. The summed E-state index contributed by atoms with van der Waals surface area (Å²) in [5.41, 5.74) is -0.789. The van der Waals surface area contributed by atoms with Crippen LogP contribution in [0.5, 0.6) is 23.0 Å². The number of benzene rings is 2. The van der Waals surface area contributed by atoms with Crippen LogP contribution in [0.25, 0.3) is 22.3 Å². The molecule has 19 heteroatoms. The van der Waals surface area contributed by atoms with E-state index in [4.69, 9.17) is 47.0 Å². The van der Waals surface area contributed by atoms with Crippen LogP contribution in [0.15, 0.2) is 44.0 Å². The van der Waals surface area contributed by atoms with Gasteiger partial charge in [0, 0.05) is 66.2 Å². The van der Waals surface area contributed by atoms with Gasteiger partial charge in [-0.25, -0.2) is 0 Å². The van der Waals surface area contributed by atoms with Crippen molar-refractivity contribution in [3.63, 3.8) is 0 Å². The van der Waals surface area contributed by atoms with E-state index in [9.17, 15) is 38.4 Å². The Balaban J connectivity index is 1.90. The second-order valence-electron chi connectivity index (χ2n) is 11.5. The molecule has 1 aliphatic rings. The number of esters is 7. The first-order valence-corrected chi connectivity index (χ1v) is 16.6. The fourth-order valence-corrected chi connectivity index (χ4v) is 5.78. The SMILES string of the molecule is CC(=O)OC[C@H]1OC(Oc2cc(OC(C)=O)c3c(=O)c(Br)c(-c4ccc(OC(C)=O)c(OC(C)=O)c4)oc3c2)[C@H](OC(C)=O)[C@@H](OC(C)=O)[C@@H]1OC(C)=O. The van der Waals surface area contributed by atoms with Gasteiger partial charge in [0.25, 0.3) is 0 Å². The summed E-state index contributed by atoms with van der Waals surface area (Å²) in [7, 11) is 0. The van der Waals surface area contributed by atoms with Gasteiger partial charge in [0.05, 0.1) is 0 Å². The Morgan fingerprint density at radius 3 is 1.78 bits per heavy atom. The summed E-state index contributed by atoms with van der Waals surface area (Å²) < 4.78 is 55.1. The Labute approximate surface area is 313 Å². The molecule has 1 aliphatic heterocycles. The molecule has 1 fully saturated rings. The predicted octanol–water partition coefficient (Wildman–Crippen LogP) is 3.46. The molecule has 4 rings (SSSR count). The average molecular weight is 822 g/mol. The lowest BCUT2D eigenvalue weighted by Crippen LogP contribution is -2.63. The van der Waals surface area contributed by atoms with E-state index in [0.29, 0.717) is 0 Å². The molecule has 0 aliphatic carbocycles. The molecule has 3 aromatic rings. The predicted molar refractivity (Wildman–Crippen MR) is 182 cm³/mol. The van der Waals surface area contributed by atoms with Gasteiger partial charge in [0.15, 0.2) is 29.5 Å². The Bertz CT molecular complexity index is 2070. The van der Waals surface area contributed by atoms with E-state index in [1.165, 1.54) is 24.3 Å². The van der Waals surface area contributed by atoms with Crippen molar-refractivity contribution in [1.82, 2.24) is 0 Å². The van der Waals surface area contributed by atoms with Gasteiger partial charge in [0.1, 0.15) is 39.7 Å². The summed E-state index contributed by atoms with van der Waals surface area (Å²) in [6.07, 6.45) is -7.71. The molecule has 54 heavy (non-hydrogen) atoms. The van der Waals surface area contributed by atoms with Gasteiger partial charge >= 0.3 is 41.8 Å². The fourth-order valence-electron chi connectivity index (χ4n) is 5.27. The second-order valence-corrected chi connectivity index (χ2v) is 12.3. The highest BCUT2D eigenvalue weighted by atomic mass is 79.9. The summed E-state index contributed by atoms with van der Waals surface area (Å²) in [6.45, 7) is 7.08. The van der Waals surface area contributed by atoms with Crippen molar-refractivity contribution < 1.29 is 80.6 Å². The minimum atomic E-state index is -1.70. The average Bonchev–Trinajstić information content (AvgIpc) is 3.04. The molecule has 1 saturated heterocycles. The van der Waals surface area contributed by atoms with Crippen LogP contribution in [0.1, 0.15) is 48.5 Å². The number of hydrogen-bond donors (Lipinski definition) is 0. The lowest BCUT2D eigenvalue weighted by molar-refractivity contribution is -0.288. The maximum Gasteiger partial charge on any atom is 0.308 e. The smallest absolute Gasteiger partial charge is 0.308 e. The topological polar surface area (TPSA) is 233 Å². The third-order valence-corrected chi connectivity index (χ3v) is 7.76. The zero-order valence-corrected chi connectivity index (χ0v) is 31.3. The van der Waals surface area contributed by atoms with E-state index in [2.05, 4.69) is 15.9 Å². The van der Waals surface area contributed by atoms with Crippen molar-refractivity contribution in [2.75, 3.05) is 6.61 Å². The number of halogens is 1. The van der Waals surface area contributed by atoms with Crippen LogP contribution in [0.2, 0.25) is 0 Å². The Morgan fingerprint density at radius 2 is 1.20 bits per heavy atom. The summed E-state index contributed by atoms with van der Waals surface area (Å²) >= 11 is 3.23. The van der Waals surface area contributed by atoms with Crippen molar-refractivity contribution in [2.24, 2.45) is 0 Å². The molecule has 0 bridgehead atoms. The zero-order chi connectivity index (χ0) is 40.0. The normalized spacial score (nSPS) is 19.1. The van der Waals surface area contributed by atoms with E-state index < -0.39 is 84.5 Å². The summed E-state index contributed by atoms with van der Waals surface area (Å²) in [6, 6.07) is 6.33. The van der Waals surface area contributed by atoms with Crippen LogP contribution < -0.4 is 24.4 Å². The van der Waals surface area contributed by atoms with Crippen LogP contribution >= 0.6 is 15.9 Å². The lowest BCUT2D eigenvalue weighted by atomic mass is 9.98. The van der Waals surface area contributed by atoms with E-state index in [1.807, 2.05) is 0 Å². The molecule has 288 valence electrons. The van der Waals surface area contributed by atoms with Gasteiger partial charge in [-0.15, -0.1) is 0 Å². The number of fused-ring (bicyclic) bond motifs is 1. The van der Waals surface area contributed by atoms with E-state index in [1.54, 1.807) is 0 Å². The molecule has 2 heterocycles. The fraction of sp³-hybridized carbons (Fsp3) is 0.371. The molecule has 1 aromatic heterocycles. The number of rotatable bonds is 11. The van der Waals surface area contributed by atoms with Crippen molar-refractivity contribution in [3.8, 4) is 34.3 Å². The van der Waals surface area contributed by atoms with Crippen LogP contribution in [0.4, 0.5) is 0 Å². The van der Waals surface area contributed by atoms with Crippen molar-refractivity contribution >= 4 is 68.7 Å². The molecule has 2 aromatic carbocycles. The zero-order valence-electron chi connectivity index (χ0n) is 29.7. The Morgan fingerprint density at radius 1 is 0.648 bits per heavy atom. The van der Waals surface area contributed by atoms with E-state index >= 15 is 0 Å². The number of carbonyl (C=O) groups is 7. The Kier molecular flexibility index (Phi) is 13.1. The summed E-state index contributed by atoms with van der Waals surface area (Å²) in [5, 5.41) is -0.230. The van der Waals surface area contributed by atoms with Gasteiger partial charge in [-0.3, -0.25) is 38.4 Å². The number of carbonyl (C=O) groups excluding carboxylic acids is 7. The first-order chi connectivity index (χ1) is 25.3. The number of hydrogen-bond acceptors (Lipinski definition) is 18. The maximum atomic E-state index is 13.8. The molecule has 0 saturated carbocycles. The standard InChI is InChI=1S/C35H33BrO18/c1-14(37)45-13-27-32(49-18(5)41)33(50-19(6)42)34(51-20(7)43)35(54-27)52-22-11-25(48-17(4)40)28-26(12-22)53-31(29(36)30(28)44)21-8-9-23(46-15(2)38)24(10-21)47-16(3)39/h8-12,27,32-35H,13H2,1-7H3/t27-,32-,33+,34-,35?/m1/s1. The minimum Gasteiger partial charge on any atom is -0.463 e. The van der Waals surface area contributed by atoms with Gasteiger partial charge in [-0.2, -0.15) is 0 Å². The molecule has 5 atom stereocenters. The first-order valence-electron chi connectivity index (χ1n) is 15.8. The maximum absolute atomic E-state index is 13.8. The quantitative estimate of drug-likeness (QED) is 0.153. The van der Waals surface area contributed by atoms with Gasteiger partial charge in [0.2, 0.25) is 17.8 Å². The van der Waals surface area contributed by atoms with Crippen LogP contribution in [0, 0.1) is 0 Å². The summed E-state index contributed by atoms with van der Waals surface area (Å²) in [4.78, 5) is 97.8. The highest BCUT2D eigenvalue weighted by Crippen LogP contribution is 2.40. The Hall–Kier alpha value is -5.82. The molecule has 0 spiro atoms. The molecule has 18 nitrogen and oxygen atoms in total. The monoisotopic (exact) mass is 820 g/mol. The molecule has 0 radical (unpaired) electrons. The van der Waals surface area contributed by atoms with E-state index in [-0.39, 0.29) is 49.8 Å². The van der Waals surface area contributed by atoms with Crippen LogP contribution in [-0.2, 0) is 57.2 Å².